The van der Waals surface area contributed by atoms with Gasteiger partial charge in [0.25, 0.3) is 0 Å². The average Bonchev–Trinajstić information content (AvgIpc) is 1.63. The molecule has 0 atom stereocenters. The summed E-state index contributed by atoms with van der Waals surface area (Å²) in [5.41, 5.74) is 1.93. The van der Waals surface area contributed by atoms with Gasteiger partial charge in [-0.2, -0.15) is 0 Å². The van der Waals surface area contributed by atoms with Crippen molar-refractivity contribution in [3.8, 4) is 5.69 Å². The average molecular weight is 149 g/mol. The Morgan fingerprint density at radius 3 is 2.11 bits per heavy atom. The fourth-order valence-electron chi connectivity index (χ4n) is 0.431. The van der Waals surface area contributed by atoms with Crippen LogP contribution in [0, 0.1) is 11.0 Å². The molecule has 52 valence electrons. The van der Waals surface area contributed by atoms with Crippen molar-refractivity contribution in [1.82, 2.24) is 0 Å². The zero-order chi connectivity index (χ0) is 7.49. The quantitative estimate of drug-likeness (QED) is 0.551. The van der Waals surface area contributed by atoms with Gasteiger partial charge in [0.1, 0.15) is 0 Å². The molecule has 0 rings (SSSR count). The first-order valence-electron chi connectivity index (χ1n) is 2.67. The lowest BCUT2D eigenvalue weighted by atomic mass is 10.9. The third-order valence-electron chi connectivity index (χ3n) is 0.967. The molecule has 0 aliphatic rings. The van der Waals surface area contributed by atoms with Crippen molar-refractivity contribution in [2.75, 3.05) is 0 Å². The predicted octanol–water partition coefficient (Wildman–Crippen LogP) is 2.02. The van der Waals surface area contributed by atoms with E-state index in [0.29, 0.717) is 0 Å². The van der Waals surface area contributed by atoms with Crippen LogP contribution in [0.5, 0.6) is 0 Å². The summed E-state index contributed by atoms with van der Waals surface area (Å²) in [4.78, 5) is 0. The Labute approximate surface area is 54.3 Å². The van der Waals surface area contributed by atoms with Crippen LogP contribution >= 0.6 is 0 Å². The van der Waals surface area contributed by atoms with Crippen LogP contribution in [0.2, 0.25) is 19.1 Å². The Kier molecular flexibility index (Phi) is 2.78. The fourth-order valence-corrected chi connectivity index (χ4v) is 1.29. The maximum absolute atomic E-state index is 11.6. The van der Waals surface area contributed by atoms with E-state index in [9.17, 15) is 8.78 Å². The number of alkyl halides is 2. The van der Waals surface area contributed by atoms with E-state index in [1.54, 1.807) is 13.1 Å². The summed E-state index contributed by atoms with van der Waals surface area (Å²) < 4.78 is 23.2. The summed E-state index contributed by atoms with van der Waals surface area (Å²) in [7, 11) is -2.18. The Morgan fingerprint density at radius 2 is 2.00 bits per heavy atom. The van der Waals surface area contributed by atoms with Crippen LogP contribution in [0.25, 0.3) is 0 Å². The molecule has 0 bridgehead atoms. The summed E-state index contributed by atoms with van der Waals surface area (Å²) in [5, 5.41) is 8.32. The first-order chi connectivity index (χ1) is 3.98. The van der Waals surface area contributed by atoms with E-state index in [-0.39, 0.29) is 6.04 Å². The molecule has 0 aliphatic heterocycles. The minimum absolute atomic E-state index is 0.205. The van der Waals surface area contributed by atoms with E-state index >= 15 is 0 Å². The molecule has 4 heteroatoms. The van der Waals surface area contributed by atoms with Crippen molar-refractivity contribution in [3.05, 3.63) is 0 Å². The summed E-state index contributed by atoms with van der Waals surface area (Å²) >= 11 is 0. The van der Waals surface area contributed by atoms with Crippen LogP contribution in [0.3, 0.4) is 0 Å². The normalized spacial score (nSPS) is 11.6. The van der Waals surface area contributed by atoms with E-state index in [1.165, 1.54) is 0 Å². The molecule has 0 radical (unpaired) electrons. The first-order valence-corrected chi connectivity index (χ1v) is 5.88. The smallest absolute Gasteiger partial charge is 0.211 e. The molecule has 0 heterocycles. The van der Waals surface area contributed by atoms with Crippen molar-refractivity contribution >= 4 is 8.07 Å². The van der Waals surface area contributed by atoms with Crippen LogP contribution in [-0.4, -0.2) is 14.5 Å². The van der Waals surface area contributed by atoms with Crippen molar-refractivity contribution in [1.29, 1.82) is 5.26 Å². The third kappa shape index (κ3) is 4.10. The number of hydrogen-bond acceptors (Lipinski definition) is 1. The van der Waals surface area contributed by atoms with E-state index in [4.69, 9.17) is 5.26 Å². The highest BCUT2D eigenvalue weighted by Crippen LogP contribution is 2.13. The number of hydrogen-bond donors (Lipinski definition) is 0. The standard InChI is InChI=1S/C5H9F2NSi/c1-9(2,4-8)3-5(6)7/h5H,3H2,1-2H3. The molecule has 0 N–H and O–H groups in total. The predicted molar refractivity (Wildman–Crippen MR) is 33.9 cm³/mol. The summed E-state index contributed by atoms with van der Waals surface area (Å²) in [5.74, 6) is 0. The highest BCUT2D eigenvalue weighted by atomic mass is 28.3. The lowest BCUT2D eigenvalue weighted by molar-refractivity contribution is 0.170. The van der Waals surface area contributed by atoms with Gasteiger partial charge in [-0.05, 0) is 0 Å². The molecule has 1 nitrogen and oxygen atoms in total. The number of nitrogens with zero attached hydrogens (tertiary/aromatic N) is 1. The molecule has 0 amide bonds. The lowest BCUT2D eigenvalue weighted by Gasteiger charge is -2.09. The Hall–Kier alpha value is -0.433. The van der Waals surface area contributed by atoms with Crippen molar-refractivity contribution < 1.29 is 8.78 Å². The summed E-state index contributed by atoms with van der Waals surface area (Å²) in [6.07, 6.45) is -2.31. The molecule has 0 aromatic carbocycles. The summed E-state index contributed by atoms with van der Waals surface area (Å²) in [6, 6.07) is -0.205. The molecule has 9 heavy (non-hydrogen) atoms. The largest absolute Gasteiger partial charge is 0.237 e. The minimum Gasteiger partial charge on any atom is -0.211 e. The van der Waals surface area contributed by atoms with Crippen LogP contribution < -0.4 is 0 Å². The van der Waals surface area contributed by atoms with Gasteiger partial charge in [0.15, 0.2) is 8.07 Å². The fraction of sp³-hybridized carbons (Fsp3) is 0.800. The number of halogens is 2. The molecular weight excluding hydrogens is 140 g/mol. The minimum atomic E-state index is -2.31. The highest BCUT2D eigenvalue weighted by Gasteiger charge is 2.25. The molecule has 0 spiro atoms. The first kappa shape index (κ1) is 8.57. The molecule has 0 saturated heterocycles. The van der Waals surface area contributed by atoms with Crippen LogP contribution in [0.1, 0.15) is 0 Å². The van der Waals surface area contributed by atoms with E-state index < -0.39 is 14.5 Å². The molecular formula is C5H9F2NSi. The third-order valence-corrected chi connectivity index (χ3v) is 2.90. The second kappa shape index (κ2) is 2.92. The SMILES string of the molecule is C[Si](C)(C#N)CC(F)F. The van der Waals surface area contributed by atoms with Gasteiger partial charge in [0.05, 0.1) is 0 Å². The number of rotatable bonds is 2. The van der Waals surface area contributed by atoms with Crippen molar-refractivity contribution in [3.63, 3.8) is 0 Å². The van der Waals surface area contributed by atoms with Crippen LogP contribution in [0.4, 0.5) is 8.78 Å². The van der Waals surface area contributed by atoms with E-state index in [0.717, 1.165) is 0 Å². The van der Waals surface area contributed by atoms with E-state index in [2.05, 4.69) is 0 Å². The Bertz CT molecular complexity index is 127. The topological polar surface area (TPSA) is 23.8 Å². The zero-order valence-electron chi connectivity index (χ0n) is 5.49. The van der Waals surface area contributed by atoms with Gasteiger partial charge in [0.2, 0.25) is 6.43 Å². The second-order valence-corrected chi connectivity index (χ2v) is 6.99. The van der Waals surface area contributed by atoms with Gasteiger partial charge < -0.3 is 0 Å². The monoisotopic (exact) mass is 149 g/mol. The maximum atomic E-state index is 11.6. The van der Waals surface area contributed by atoms with Gasteiger partial charge in [-0.1, -0.05) is 13.1 Å². The van der Waals surface area contributed by atoms with Gasteiger partial charge >= 0.3 is 0 Å². The molecule has 0 unspecified atom stereocenters. The summed E-state index contributed by atoms with van der Waals surface area (Å²) in [6.45, 7) is 3.28. The lowest BCUT2D eigenvalue weighted by Crippen LogP contribution is -2.25. The molecule has 0 fully saturated rings. The van der Waals surface area contributed by atoms with Crippen LogP contribution in [-0.2, 0) is 0 Å². The zero-order valence-corrected chi connectivity index (χ0v) is 6.49. The molecule has 0 aromatic rings. The van der Waals surface area contributed by atoms with Gasteiger partial charge in [0, 0.05) is 11.7 Å². The highest BCUT2D eigenvalue weighted by molar-refractivity contribution is 6.84. The van der Waals surface area contributed by atoms with Crippen molar-refractivity contribution in [2.45, 2.75) is 25.6 Å². The Morgan fingerprint density at radius 1 is 1.56 bits per heavy atom. The van der Waals surface area contributed by atoms with Crippen LogP contribution in [0.15, 0.2) is 0 Å². The molecule has 0 saturated carbocycles. The molecule has 0 aliphatic carbocycles. The van der Waals surface area contributed by atoms with E-state index in [1.807, 2.05) is 5.69 Å². The molecule has 0 aromatic heterocycles. The van der Waals surface area contributed by atoms with Gasteiger partial charge in [-0.25, -0.2) is 14.0 Å². The van der Waals surface area contributed by atoms with Gasteiger partial charge in [-0.3, -0.25) is 0 Å². The number of nitriles is 1. The maximum Gasteiger partial charge on any atom is 0.237 e. The van der Waals surface area contributed by atoms with Gasteiger partial charge in [-0.15, -0.1) is 0 Å². The van der Waals surface area contributed by atoms with Crippen molar-refractivity contribution in [2.24, 2.45) is 0 Å². The second-order valence-electron chi connectivity index (χ2n) is 2.59. The Balaban J connectivity index is 3.76.